The molecule has 0 saturated heterocycles. The molecule has 1 aliphatic carbocycles. The van der Waals surface area contributed by atoms with E-state index in [0.717, 1.165) is 38.5 Å². The number of aliphatic hydroxyl groups excluding tert-OH is 2. The summed E-state index contributed by atoms with van der Waals surface area (Å²) >= 11 is 0. The largest absolute Gasteiger partial charge is 0.463 e. The standard InChI is InChI=1S/C26H44O6/c1-5-7-10-13-20(32-25(29)6-2)16-17-22-21(23(27)18-24(22)28)14-11-8-9-12-15-26(30)31-19(3)4/h8,11,16-17,19-24,27-28H,5-7,9-10,12-15,18H2,1-4H3/b11-8-,17-16+/t20-,21+,22+,23-,24+/m0/s1. The maximum Gasteiger partial charge on any atom is 0.306 e. The molecule has 0 amide bonds. The minimum absolute atomic E-state index is 0.0819. The van der Waals surface area contributed by atoms with Gasteiger partial charge in [0.25, 0.3) is 0 Å². The quantitative estimate of drug-likeness (QED) is 0.209. The predicted molar refractivity (Wildman–Crippen MR) is 126 cm³/mol. The third kappa shape index (κ3) is 11.3. The second-order valence-corrected chi connectivity index (χ2v) is 9.01. The second-order valence-electron chi connectivity index (χ2n) is 9.01. The summed E-state index contributed by atoms with van der Waals surface area (Å²) in [6.07, 6.45) is 13.5. The smallest absolute Gasteiger partial charge is 0.306 e. The number of allylic oxidation sites excluding steroid dienone is 2. The van der Waals surface area contributed by atoms with Crippen LogP contribution in [0.1, 0.15) is 91.9 Å². The van der Waals surface area contributed by atoms with E-state index in [9.17, 15) is 19.8 Å². The van der Waals surface area contributed by atoms with Crippen LogP contribution >= 0.6 is 0 Å². The molecular weight excluding hydrogens is 408 g/mol. The molecule has 0 aromatic carbocycles. The van der Waals surface area contributed by atoms with Gasteiger partial charge in [0, 0.05) is 25.2 Å². The van der Waals surface area contributed by atoms with E-state index in [1.54, 1.807) is 6.92 Å². The van der Waals surface area contributed by atoms with Gasteiger partial charge in [0.1, 0.15) is 6.10 Å². The van der Waals surface area contributed by atoms with Crippen LogP contribution in [0.2, 0.25) is 0 Å². The van der Waals surface area contributed by atoms with Crippen molar-refractivity contribution in [3.63, 3.8) is 0 Å². The Hall–Kier alpha value is -1.66. The van der Waals surface area contributed by atoms with Gasteiger partial charge < -0.3 is 19.7 Å². The Morgan fingerprint density at radius 3 is 2.41 bits per heavy atom. The van der Waals surface area contributed by atoms with Crippen molar-refractivity contribution < 1.29 is 29.3 Å². The first kappa shape index (κ1) is 28.4. The molecule has 0 aromatic rings. The average molecular weight is 453 g/mol. The molecule has 184 valence electrons. The van der Waals surface area contributed by atoms with Gasteiger partial charge in [-0.05, 0) is 57.9 Å². The van der Waals surface area contributed by atoms with Gasteiger partial charge >= 0.3 is 11.9 Å². The third-order valence-electron chi connectivity index (χ3n) is 5.82. The lowest BCUT2D eigenvalue weighted by atomic mass is 9.89. The molecular formula is C26H44O6. The minimum Gasteiger partial charge on any atom is -0.463 e. The Morgan fingerprint density at radius 1 is 1.00 bits per heavy atom. The number of unbranched alkanes of at least 4 members (excludes halogenated alkanes) is 3. The molecule has 1 saturated carbocycles. The van der Waals surface area contributed by atoms with E-state index in [4.69, 9.17) is 9.47 Å². The van der Waals surface area contributed by atoms with Crippen molar-refractivity contribution in [3.05, 3.63) is 24.3 Å². The van der Waals surface area contributed by atoms with Crippen molar-refractivity contribution in [2.24, 2.45) is 11.8 Å². The maximum atomic E-state index is 11.8. The van der Waals surface area contributed by atoms with Crippen LogP contribution in [-0.4, -0.2) is 46.6 Å². The van der Waals surface area contributed by atoms with Crippen molar-refractivity contribution in [3.8, 4) is 0 Å². The molecule has 1 rings (SSSR count). The lowest BCUT2D eigenvalue weighted by Crippen LogP contribution is -2.21. The third-order valence-corrected chi connectivity index (χ3v) is 5.82. The van der Waals surface area contributed by atoms with E-state index < -0.39 is 12.2 Å². The lowest BCUT2D eigenvalue weighted by Gasteiger charge is -2.20. The lowest BCUT2D eigenvalue weighted by molar-refractivity contribution is -0.148. The molecule has 0 bridgehead atoms. The first-order valence-corrected chi connectivity index (χ1v) is 12.4. The van der Waals surface area contributed by atoms with Gasteiger partial charge in [0.15, 0.2) is 0 Å². The van der Waals surface area contributed by atoms with Crippen LogP contribution in [-0.2, 0) is 19.1 Å². The summed E-state index contributed by atoms with van der Waals surface area (Å²) in [5.74, 6) is -0.656. The van der Waals surface area contributed by atoms with E-state index in [1.807, 2.05) is 38.2 Å². The number of carbonyl (C=O) groups is 2. The topological polar surface area (TPSA) is 93.1 Å². The van der Waals surface area contributed by atoms with Crippen molar-refractivity contribution >= 4 is 11.9 Å². The van der Waals surface area contributed by atoms with Crippen LogP contribution < -0.4 is 0 Å². The molecule has 5 atom stereocenters. The Bertz CT molecular complexity index is 597. The molecule has 6 heteroatoms. The zero-order chi connectivity index (χ0) is 23.9. The van der Waals surface area contributed by atoms with Crippen molar-refractivity contribution in [1.82, 2.24) is 0 Å². The molecule has 0 spiro atoms. The number of aliphatic hydroxyl groups is 2. The molecule has 32 heavy (non-hydrogen) atoms. The van der Waals surface area contributed by atoms with Crippen LogP contribution in [0.5, 0.6) is 0 Å². The highest BCUT2D eigenvalue weighted by Crippen LogP contribution is 2.36. The van der Waals surface area contributed by atoms with E-state index in [0.29, 0.717) is 25.7 Å². The predicted octanol–water partition coefficient (Wildman–Crippen LogP) is 4.87. The first-order chi connectivity index (χ1) is 15.3. The van der Waals surface area contributed by atoms with Gasteiger partial charge in [-0.3, -0.25) is 9.59 Å². The van der Waals surface area contributed by atoms with Crippen LogP contribution in [0.3, 0.4) is 0 Å². The highest BCUT2D eigenvalue weighted by Gasteiger charge is 2.39. The SMILES string of the molecule is CCCCC[C@@H](/C=C/[C@@H]1[C@@H](C/C=C\CCCC(=O)OC(C)C)[C@@H](O)C[C@H]1O)OC(=O)CC. The fourth-order valence-corrected chi connectivity index (χ4v) is 4.06. The minimum atomic E-state index is -0.608. The summed E-state index contributed by atoms with van der Waals surface area (Å²) in [6.45, 7) is 7.59. The average Bonchev–Trinajstić information content (AvgIpc) is 3.00. The van der Waals surface area contributed by atoms with E-state index in [1.165, 1.54) is 0 Å². The van der Waals surface area contributed by atoms with Crippen LogP contribution in [0.15, 0.2) is 24.3 Å². The number of esters is 2. The summed E-state index contributed by atoms with van der Waals surface area (Å²) in [5.41, 5.74) is 0. The Morgan fingerprint density at radius 2 is 1.75 bits per heavy atom. The fourth-order valence-electron chi connectivity index (χ4n) is 4.06. The van der Waals surface area contributed by atoms with Crippen LogP contribution in [0.4, 0.5) is 0 Å². The van der Waals surface area contributed by atoms with Crippen molar-refractivity contribution in [2.45, 2.75) is 116 Å². The van der Waals surface area contributed by atoms with Crippen LogP contribution in [0, 0.1) is 11.8 Å². The molecule has 0 aromatic heterocycles. The number of hydrogen-bond donors (Lipinski definition) is 2. The van der Waals surface area contributed by atoms with Gasteiger partial charge in [-0.1, -0.05) is 44.9 Å². The normalized spacial score (nSPS) is 24.5. The van der Waals surface area contributed by atoms with Crippen molar-refractivity contribution in [2.75, 3.05) is 0 Å². The Balaban J connectivity index is 2.60. The molecule has 0 radical (unpaired) electrons. The second kappa shape index (κ2) is 16.0. The molecule has 1 fully saturated rings. The zero-order valence-corrected chi connectivity index (χ0v) is 20.4. The Labute approximate surface area is 194 Å². The van der Waals surface area contributed by atoms with Gasteiger partial charge in [-0.2, -0.15) is 0 Å². The summed E-state index contributed by atoms with van der Waals surface area (Å²) < 4.78 is 10.7. The van der Waals surface area contributed by atoms with Crippen LogP contribution in [0.25, 0.3) is 0 Å². The molecule has 2 N–H and O–H groups in total. The summed E-state index contributed by atoms with van der Waals surface area (Å²) in [7, 11) is 0. The summed E-state index contributed by atoms with van der Waals surface area (Å²) in [6, 6.07) is 0. The van der Waals surface area contributed by atoms with Gasteiger partial charge in [0.2, 0.25) is 0 Å². The van der Waals surface area contributed by atoms with Crippen molar-refractivity contribution in [1.29, 1.82) is 0 Å². The molecule has 1 aliphatic rings. The van der Waals surface area contributed by atoms with Gasteiger partial charge in [-0.25, -0.2) is 0 Å². The monoisotopic (exact) mass is 452 g/mol. The highest BCUT2D eigenvalue weighted by molar-refractivity contribution is 5.69. The summed E-state index contributed by atoms with van der Waals surface area (Å²) in [5, 5.41) is 20.9. The maximum absolute atomic E-state index is 11.8. The van der Waals surface area contributed by atoms with E-state index in [2.05, 4.69) is 6.92 Å². The van der Waals surface area contributed by atoms with Gasteiger partial charge in [-0.15, -0.1) is 0 Å². The zero-order valence-electron chi connectivity index (χ0n) is 20.4. The number of carbonyl (C=O) groups excluding carboxylic acids is 2. The molecule has 6 nitrogen and oxygen atoms in total. The summed E-state index contributed by atoms with van der Waals surface area (Å²) in [4.78, 5) is 23.3. The molecule has 0 aliphatic heterocycles. The van der Waals surface area contributed by atoms with Gasteiger partial charge in [0.05, 0.1) is 18.3 Å². The first-order valence-electron chi connectivity index (χ1n) is 12.4. The fraction of sp³-hybridized carbons (Fsp3) is 0.769. The number of rotatable bonds is 15. The molecule has 0 unspecified atom stereocenters. The highest BCUT2D eigenvalue weighted by atomic mass is 16.5. The number of hydrogen-bond acceptors (Lipinski definition) is 6. The van der Waals surface area contributed by atoms with E-state index in [-0.39, 0.29) is 36.0 Å². The van der Waals surface area contributed by atoms with E-state index >= 15 is 0 Å². The Kier molecular flexibility index (Phi) is 14.2. The molecule has 0 heterocycles. The number of ether oxygens (including phenoxy) is 2.